The Kier molecular flexibility index (Phi) is 5.09. The number of hydrogen-bond acceptors (Lipinski definition) is 2. The van der Waals surface area contributed by atoms with Gasteiger partial charge in [-0.05, 0) is 23.8 Å². The van der Waals surface area contributed by atoms with E-state index in [2.05, 4.69) is 0 Å². The van der Waals surface area contributed by atoms with E-state index in [9.17, 15) is 9.18 Å². The molecule has 0 heterocycles. The van der Waals surface area contributed by atoms with E-state index in [1.165, 1.54) is 30.0 Å². The molecule has 0 aliphatic carbocycles. The lowest BCUT2D eigenvalue weighted by Crippen LogP contribution is -2.11. The second-order valence-corrected chi connectivity index (χ2v) is 4.93. The summed E-state index contributed by atoms with van der Waals surface area (Å²) in [6.45, 7) is 1.64. The molecule has 0 bridgehead atoms. The predicted molar refractivity (Wildman–Crippen MR) is 64.4 cm³/mol. The Labute approximate surface area is 103 Å². The Hall–Kier alpha value is -0.740. The molecule has 0 saturated heterocycles. The van der Waals surface area contributed by atoms with Gasteiger partial charge in [0.2, 0.25) is 0 Å². The van der Waals surface area contributed by atoms with E-state index in [1.54, 1.807) is 6.92 Å². The third kappa shape index (κ3) is 4.02. The van der Waals surface area contributed by atoms with Gasteiger partial charge in [0.25, 0.3) is 0 Å². The molecule has 1 N–H and O–H groups in total. The van der Waals surface area contributed by atoms with Crippen molar-refractivity contribution < 1.29 is 14.3 Å². The number of halogens is 2. The van der Waals surface area contributed by atoms with Crippen LogP contribution in [0, 0.1) is 11.7 Å². The van der Waals surface area contributed by atoms with Crippen LogP contribution >= 0.6 is 23.4 Å². The quantitative estimate of drug-likeness (QED) is 0.883. The topological polar surface area (TPSA) is 37.3 Å². The average Bonchev–Trinajstić information content (AvgIpc) is 2.22. The van der Waals surface area contributed by atoms with Gasteiger partial charge >= 0.3 is 5.97 Å². The fourth-order valence-electron chi connectivity index (χ4n) is 1.07. The molecule has 0 radical (unpaired) electrons. The molecule has 1 rings (SSSR count). The number of benzene rings is 1. The zero-order chi connectivity index (χ0) is 12.1. The molecular weight excluding hydrogens is 251 g/mol. The van der Waals surface area contributed by atoms with Crippen LogP contribution in [0.3, 0.4) is 0 Å². The Morgan fingerprint density at radius 1 is 1.62 bits per heavy atom. The van der Waals surface area contributed by atoms with Crippen LogP contribution in [0.1, 0.15) is 12.5 Å². The van der Waals surface area contributed by atoms with E-state index in [4.69, 9.17) is 16.7 Å². The molecule has 1 atom stereocenters. The maximum absolute atomic E-state index is 12.9. The Bertz CT molecular complexity index is 384. The van der Waals surface area contributed by atoms with Gasteiger partial charge in [-0.25, -0.2) is 4.39 Å². The van der Waals surface area contributed by atoms with E-state index in [-0.39, 0.29) is 5.82 Å². The van der Waals surface area contributed by atoms with Crippen molar-refractivity contribution in [1.29, 1.82) is 0 Å². The standard InChI is InChI=1S/C11H12ClFO2S/c1-7(11(14)15)5-16-6-8-4-9(13)2-3-10(8)12/h2-4,7H,5-6H2,1H3,(H,14,15). The molecule has 1 unspecified atom stereocenters. The molecular formula is C11H12ClFO2S. The first-order valence-corrected chi connectivity index (χ1v) is 6.28. The lowest BCUT2D eigenvalue weighted by molar-refractivity contribution is -0.140. The number of carboxylic acid groups (broad SMARTS) is 1. The zero-order valence-corrected chi connectivity index (χ0v) is 10.3. The van der Waals surface area contributed by atoms with Crippen molar-refractivity contribution in [2.45, 2.75) is 12.7 Å². The van der Waals surface area contributed by atoms with Crippen molar-refractivity contribution in [1.82, 2.24) is 0 Å². The summed E-state index contributed by atoms with van der Waals surface area (Å²) in [6.07, 6.45) is 0. The van der Waals surface area contributed by atoms with Crippen LogP contribution in [0.5, 0.6) is 0 Å². The van der Waals surface area contributed by atoms with E-state index < -0.39 is 11.9 Å². The molecule has 16 heavy (non-hydrogen) atoms. The Morgan fingerprint density at radius 3 is 2.94 bits per heavy atom. The summed E-state index contributed by atoms with van der Waals surface area (Å²) in [5.41, 5.74) is 0.698. The molecule has 0 spiro atoms. The van der Waals surface area contributed by atoms with Gasteiger partial charge in [0, 0.05) is 16.5 Å². The normalized spacial score (nSPS) is 12.4. The van der Waals surface area contributed by atoms with Crippen LogP contribution in [0.25, 0.3) is 0 Å². The summed E-state index contributed by atoms with van der Waals surface area (Å²) in [7, 11) is 0. The maximum Gasteiger partial charge on any atom is 0.307 e. The van der Waals surface area contributed by atoms with Crippen molar-refractivity contribution >= 4 is 29.3 Å². The molecule has 1 aromatic carbocycles. The molecule has 0 saturated carbocycles. The van der Waals surface area contributed by atoms with Crippen LogP contribution in [-0.4, -0.2) is 16.8 Å². The van der Waals surface area contributed by atoms with Gasteiger partial charge in [-0.1, -0.05) is 18.5 Å². The first-order chi connectivity index (χ1) is 7.50. The van der Waals surface area contributed by atoms with Gasteiger partial charge in [0.05, 0.1) is 5.92 Å². The van der Waals surface area contributed by atoms with Crippen molar-refractivity contribution in [3.8, 4) is 0 Å². The van der Waals surface area contributed by atoms with Crippen molar-refractivity contribution in [2.75, 3.05) is 5.75 Å². The van der Waals surface area contributed by atoms with Crippen LogP contribution < -0.4 is 0 Å². The number of hydrogen-bond donors (Lipinski definition) is 1. The van der Waals surface area contributed by atoms with Crippen molar-refractivity contribution in [3.63, 3.8) is 0 Å². The number of thioether (sulfide) groups is 1. The second kappa shape index (κ2) is 6.11. The number of rotatable bonds is 5. The summed E-state index contributed by atoms with van der Waals surface area (Å²) in [5.74, 6) is -0.544. The lowest BCUT2D eigenvalue weighted by Gasteiger charge is -2.07. The van der Waals surface area contributed by atoms with Gasteiger partial charge in [-0.3, -0.25) is 4.79 Å². The SMILES string of the molecule is CC(CSCc1cc(F)ccc1Cl)C(=O)O. The molecule has 5 heteroatoms. The minimum absolute atomic E-state index is 0.328. The Balaban J connectivity index is 2.48. The fraction of sp³-hybridized carbons (Fsp3) is 0.364. The van der Waals surface area contributed by atoms with Gasteiger partial charge < -0.3 is 5.11 Å². The van der Waals surface area contributed by atoms with Crippen LogP contribution in [-0.2, 0) is 10.5 Å². The minimum Gasteiger partial charge on any atom is -0.481 e. The highest BCUT2D eigenvalue weighted by Crippen LogP contribution is 2.23. The third-order valence-electron chi connectivity index (χ3n) is 2.05. The predicted octanol–water partition coefficient (Wildman–Crippen LogP) is 3.43. The first-order valence-electron chi connectivity index (χ1n) is 4.75. The first kappa shape index (κ1) is 13.3. The summed E-state index contributed by atoms with van der Waals surface area (Å²) >= 11 is 7.31. The number of carboxylic acids is 1. The smallest absolute Gasteiger partial charge is 0.307 e. The Morgan fingerprint density at radius 2 is 2.31 bits per heavy atom. The molecule has 0 fully saturated rings. The average molecular weight is 263 g/mol. The maximum atomic E-state index is 12.9. The highest BCUT2D eigenvalue weighted by Gasteiger charge is 2.11. The molecule has 0 aliphatic rings. The second-order valence-electron chi connectivity index (χ2n) is 3.49. The highest BCUT2D eigenvalue weighted by molar-refractivity contribution is 7.98. The van der Waals surface area contributed by atoms with Gasteiger partial charge in [0.1, 0.15) is 5.82 Å². The molecule has 2 nitrogen and oxygen atoms in total. The molecule has 0 aromatic heterocycles. The van der Waals surface area contributed by atoms with Crippen LogP contribution in [0.2, 0.25) is 5.02 Å². The van der Waals surface area contributed by atoms with E-state index in [1.807, 2.05) is 0 Å². The van der Waals surface area contributed by atoms with Gasteiger partial charge in [0.15, 0.2) is 0 Å². The number of carbonyl (C=O) groups is 1. The summed E-state index contributed by atoms with van der Waals surface area (Å²) in [5, 5.41) is 9.19. The summed E-state index contributed by atoms with van der Waals surface area (Å²) in [6, 6.07) is 4.19. The van der Waals surface area contributed by atoms with Crippen molar-refractivity contribution in [3.05, 3.63) is 34.6 Å². The fourth-order valence-corrected chi connectivity index (χ4v) is 2.41. The lowest BCUT2D eigenvalue weighted by atomic mass is 10.2. The zero-order valence-electron chi connectivity index (χ0n) is 8.74. The third-order valence-corrected chi connectivity index (χ3v) is 3.67. The van der Waals surface area contributed by atoms with E-state index >= 15 is 0 Å². The minimum atomic E-state index is -0.821. The van der Waals surface area contributed by atoms with Gasteiger partial charge in [-0.15, -0.1) is 0 Å². The summed E-state index contributed by atoms with van der Waals surface area (Å²) < 4.78 is 12.9. The number of aliphatic carboxylic acids is 1. The molecule has 88 valence electrons. The molecule has 0 amide bonds. The molecule has 1 aromatic rings. The summed E-state index contributed by atoms with van der Waals surface area (Å²) in [4.78, 5) is 10.6. The highest BCUT2D eigenvalue weighted by atomic mass is 35.5. The van der Waals surface area contributed by atoms with Crippen molar-refractivity contribution in [2.24, 2.45) is 5.92 Å². The largest absolute Gasteiger partial charge is 0.481 e. The van der Waals surface area contributed by atoms with Crippen LogP contribution in [0.4, 0.5) is 4.39 Å². The van der Waals surface area contributed by atoms with Crippen LogP contribution in [0.15, 0.2) is 18.2 Å². The monoisotopic (exact) mass is 262 g/mol. The van der Waals surface area contributed by atoms with Gasteiger partial charge in [-0.2, -0.15) is 11.8 Å². The molecule has 0 aliphatic heterocycles. The van der Waals surface area contributed by atoms with E-state index in [0.29, 0.717) is 22.1 Å². The van der Waals surface area contributed by atoms with E-state index in [0.717, 1.165) is 0 Å².